The molecule has 1 fully saturated rings. The molecule has 15 heavy (non-hydrogen) atoms. The van der Waals surface area contributed by atoms with Crippen LogP contribution in [0.2, 0.25) is 0 Å². The van der Waals surface area contributed by atoms with Crippen LogP contribution in [0.5, 0.6) is 0 Å². The van der Waals surface area contributed by atoms with Crippen molar-refractivity contribution in [1.29, 1.82) is 0 Å². The Hall–Kier alpha value is -0.0800. The van der Waals surface area contributed by atoms with Gasteiger partial charge >= 0.3 is 0 Å². The minimum absolute atomic E-state index is 0.376. The van der Waals surface area contributed by atoms with Gasteiger partial charge in [-0.2, -0.15) is 0 Å². The van der Waals surface area contributed by atoms with E-state index in [1.165, 1.54) is 45.1 Å². The molecule has 0 spiro atoms. The van der Waals surface area contributed by atoms with E-state index >= 15 is 0 Å². The maximum atomic E-state index is 5.75. The van der Waals surface area contributed by atoms with E-state index < -0.39 is 0 Å². The highest BCUT2D eigenvalue weighted by Crippen LogP contribution is 2.24. The van der Waals surface area contributed by atoms with Crippen LogP contribution < -0.4 is 5.73 Å². The Bertz CT molecular complexity index is 164. The molecule has 0 amide bonds. The van der Waals surface area contributed by atoms with Crippen molar-refractivity contribution in [3.05, 3.63) is 0 Å². The molecule has 2 heteroatoms. The van der Waals surface area contributed by atoms with Crippen LogP contribution in [0.15, 0.2) is 0 Å². The topological polar surface area (TPSA) is 29.3 Å². The van der Waals surface area contributed by atoms with E-state index in [1.807, 2.05) is 0 Å². The van der Waals surface area contributed by atoms with E-state index in [1.54, 1.807) is 0 Å². The predicted molar refractivity (Wildman–Crippen MR) is 66.9 cm³/mol. The third kappa shape index (κ3) is 4.98. The molecule has 1 aliphatic carbocycles. The fourth-order valence-corrected chi connectivity index (χ4v) is 2.35. The second kappa shape index (κ2) is 6.49. The van der Waals surface area contributed by atoms with E-state index in [0.717, 1.165) is 12.0 Å². The molecule has 1 saturated carbocycles. The smallest absolute Gasteiger partial charge is 0.00923 e. The van der Waals surface area contributed by atoms with Gasteiger partial charge in [-0.3, -0.25) is 0 Å². The van der Waals surface area contributed by atoms with Crippen LogP contribution in [-0.4, -0.2) is 30.6 Å². The first-order valence-corrected chi connectivity index (χ1v) is 6.55. The molecule has 0 aromatic rings. The van der Waals surface area contributed by atoms with E-state index in [4.69, 9.17) is 5.73 Å². The van der Waals surface area contributed by atoms with Crippen LogP contribution in [0.4, 0.5) is 0 Å². The van der Waals surface area contributed by atoms with E-state index in [0.29, 0.717) is 6.04 Å². The van der Waals surface area contributed by atoms with Crippen molar-refractivity contribution in [3.8, 4) is 0 Å². The zero-order valence-corrected chi connectivity index (χ0v) is 10.7. The third-order valence-corrected chi connectivity index (χ3v) is 3.65. The lowest BCUT2D eigenvalue weighted by atomic mass is 9.91. The highest BCUT2D eigenvalue weighted by Gasteiger charge is 2.22. The van der Waals surface area contributed by atoms with Crippen LogP contribution >= 0.6 is 0 Å². The van der Waals surface area contributed by atoms with Gasteiger partial charge in [0.1, 0.15) is 0 Å². The van der Waals surface area contributed by atoms with Crippen molar-refractivity contribution in [2.75, 3.05) is 13.6 Å². The van der Waals surface area contributed by atoms with Gasteiger partial charge < -0.3 is 10.6 Å². The Morgan fingerprint density at radius 2 is 1.93 bits per heavy atom. The molecule has 0 radical (unpaired) electrons. The van der Waals surface area contributed by atoms with Crippen molar-refractivity contribution < 1.29 is 0 Å². The first-order chi connectivity index (χ1) is 7.09. The van der Waals surface area contributed by atoms with Crippen LogP contribution in [0, 0.1) is 5.92 Å². The zero-order chi connectivity index (χ0) is 11.3. The fourth-order valence-electron chi connectivity index (χ4n) is 2.35. The van der Waals surface area contributed by atoms with Crippen molar-refractivity contribution >= 4 is 0 Å². The number of rotatable bonds is 7. The van der Waals surface area contributed by atoms with E-state index in [9.17, 15) is 0 Å². The number of hydrogen-bond donors (Lipinski definition) is 1. The molecule has 0 saturated heterocycles. The van der Waals surface area contributed by atoms with Crippen molar-refractivity contribution in [2.45, 2.75) is 64.5 Å². The van der Waals surface area contributed by atoms with E-state index in [2.05, 4.69) is 25.8 Å². The quantitative estimate of drug-likeness (QED) is 0.703. The third-order valence-electron chi connectivity index (χ3n) is 3.65. The summed E-state index contributed by atoms with van der Waals surface area (Å²) in [6.45, 7) is 5.74. The second-order valence-electron chi connectivity index (χ2n) is 5.54. The molecule has 2 atom stereocenters. The van der Waals surface area contributed by atoms with Crippen LogP contribution in [0.3, 0.4) is 0 Å². The molecule has 90 valence electrons. The predicted octanol–water partition coefficient (Wildman–Crippen LogP) is 2.62. The average molecular weight is 212 g/mol. The van der Waals surface area contributed by atoms with Gasteiger partial charge in [0, 0.05) is 18.6 Å². The summed E-state index contributed by atoms with van der Waals surface area (Å²) in [4.78, 5) is 2.56. The summed E-state index contributed by atoms with van der Waals surface area (Å²) in [5.41, 5.74) is 5.75. The normalized spacial score (nSPS) is 21.4. The van der Waals surface area contributed by atoms with Gasteiger partial charge in [-0.05, 0) is 45.6 Å². The standard InChI is InChI=1S/C13H28N2/c1-11(6-4-7-12(2)14)10-15(3)13-8-5-9-13/h11-13H,4-10,14H2,1-3H3. The maximum Gasteiger partial charge on any atom is 0.00923 e. The average Bonchev–Trinajstić information content (AvgIpc) is 1.98. The molecule has 1 rings (SSSR count). The largest absolute Gasteiger partial charge is 0.328 e. The van der Waals surface area contributed by atoms with Crippen LogP contribution in [0.1, 0.15) is 52.4 Å². The minimum atomic E-state index is 0.376. The molecule has 0 aliphatic heterocycles. The fraction of sp³-hybridized carbons (Fsp3) is 1.00. The summed E-state index contributed by atoms with van der Waals surface area (Å²) in [5.74, 6) is 0.828. The highest BCUT2D eigenvalue weighted by molar-refractivity contribution is 4.78. The number of nitrogens with zero attached hydrogens (tertiary/aromatic N) is 1. The van der Waals surface area contributed by atoms with Crippen molar-refractivity contribution in [1.82, 2.24) is 4.90 Å². The van der Waals surface area contributed by atoms with Crippen molar-refractivity contribution in [2.24, 2.45) is 11.7 Å². The second-order valence-corrected chi connectivity index (χ2v) is 5.54. The molecule has 1 aliphatic rings. The monoisotopic (exact) mass is 212 g/mol. The van der Waals surface area contributed by atoms with Gasteiger partial charge in [0.2, 0.25) is 0 Å². The van der Waals surface area contributed by atoms with Gasteiger partial charge in [0.15, 0.2) is 0 Å². The molecule has 0 aromatic carbocycles. The Morgan fingerprint density at radius 1 is 1.27 bits per heavy atom. The summed E-state index contributed by atoms with van der Waals surface area (Å²) in [5, 5.41) is 0. The molecule has 0 aromatic heterocycles. The summed E-state index contributed by atoms with van der Waals surface area (Å²) >= 11 is 0. The SMILES string of the molecule is CC(N)CCCC(C)CN(C)C1CCC1. The number of nitrogens with two attached hydrogens (primary N) is 1. The Labute approximate surface area is 95.2 Å². The van der Waals surface area contributed by atoms with Gasteiger partial charge in [0.25, 0.3) is 0 Å². The van der Waals surface area contributed by atoms with Gasteiger partial charge in [0.05, 0.1) is 0 Å². The molecular weight excluding hydrogens is 184 g/mol. The lowest BCUT2D eigenvalue weighted by Gasteiger charge is -2.36. The van der Waals surface area contributed by atoms with Crippen molar-refractivity contribution in [3.63, 3.8) is 0 Å². The number of hydrogen-bond acceptors (Lipinski definition) is 2. The maximum absolute atomic E-state index is 5.75. The van der Waals surface area contributed by atoms with Crippen LogP contribution in [-0.2, 0) is 0 Å². The molecular formula is C13H28N2. The Morgan fingerprint density at radius 3 is 2.40 bits per heavy atom. The lowest BCUT2D eigenvalue weighted by molar-refractivity contribution is 0.138. The van der Waals surface area contributed by atoms with Gasteiger partial charge in [-0.15, -0.1) is 0 Å². The zero-order valence-electron chi connectivity index (χ0n) is 10.7. The van der Waals surface area contributed by atoms with Gasteiger partial charge in [-0.25, -0.2) is 0 Å². The first kappa shape index (κ1) is 13.0. The summed E-state index contributed by atoms with van der Waals surface area (Å²) in [6, 6.07) is 1.27. The summed E-state index contributed by atoms with van der Waals surface area (Å²) in [6.07, 6.45) is 8.08. The molecule has 2 nitrogen and oxygen atoms in total. The molecule has 2 unspecified atom stereocenters. The molecule has 2 N–H and O–H groups in total. The lowest BCUT2D eigenvalue weighted by Crippen LogP contribution is -2.39. The molecule has 0 heterocycles. The summed E-state index contributed by atoms with van der Waals surface area (Å²) < 4.78 is 0. The molecule has 0 bridgehead atoms. The minimum Gasteiger partial charge on any atom is -0.328 e. The Balaban J connectivity index is 2.03. The summed E-state index contributed by atoms with van der Waals surface area (Å²) in [7, 11) is 2.28. The van der Waals surface area contributed by atoms with Gasteiger partial charge in [-0.1, -0.05) is 19.8 Å². The Kier molecular flexibility index (Phi) is 5.62. The van der Waals surface area contributed by atoms with E-state index in [-0.39, 0.29) is 0 Å². The first-order valence-electron chi connectivity index (χ1n) is 6.55. The highest BCUT2D eigenvalue weighted by atomic mass is 15.1. The van der Waals surface area contributed by atoms with Crippen LogP contribution in [0.25, 0.3) is 0 Å².